The molecule has 1 aromatic carbocycles. The van der Waals surface area contributed by atoms with E-state index < -0.39 is 5.97 Å². The third kappa shape index (κ3) is 2.82. The molecule has 98 valence electrons. The lowest BCUT2D eigenvalue weighted by atomic mass is 10.0. The molecule has 0 aliphatic heterocycles. The van der Waals surface area contributed by atoms with Gasteiger partial charge in [0.05, 0.1) is 5.00 Å². The minimum Gasteiger partial charge on any atom is -0.477 e. The number of hydrogen-bond acceptors (Lipinski definition) is 3. The highest BCUT2D eigenvalue weighted by Crippen LogP contribution is 2.23. The van der Waals surface area contributed by atoms with Crippen LogP contribution in [0.25, 0.3) is 0 Å². The maximum Gasteiger partial charge on any atom is 0.345 e. The highest BCUT2D eigenvalue weighted by atomic mass is 32.1. The van der Waals surface area contributed by atoms with Crippen LogP contribution >= 0.6 is 11.3 Å². The van der Waals surface area contributed by atoms with E-state index in [0.717, 1.165) is 22.5 Å². The molecule has 2 aromatic rings. The van der Waals surface area contributed by atoms with E-state index in [2.05, 4.69) is 5.32 Å². The number of aromatic carboxylic acids is 1. The van der Waals surface area contributed by atoms with Gasteiger partial charge in [-0.1, -0.05) is 18.2 Å². The second-order valence-electron chi connectivity index (χ2n) is 4.19. The zero-order chi connectivity index (χ0) is 14.0. The third-order valence-electron chi connectivity index (χ3n) is 2.76. The first-order valence-corrected chi connectivity index (χ1v) is 6.51. The first-order valence-electron chi connectivity index (χ1n) is 5.69. The first kappa shape index (κ1) is 13.3. The van der Waals surface area contributed by atoms with Gasteiger partial charge in [0, 0.05) is 5.56 Å². The van der Waals surface area contributed by atoms with Crippen molar-refractivity contribution in [1.29, 1.82) is 0 Å². The lowest BCUT2D eigenvalue weighted by Gasteiger charge is -2.08. The number of hydrogen-bond donors (Lipinski definition) is 2. The summed E-state index contributed by atoms with van der Waals surface area (Å²) in [6.45, 7) is 3.75. The Hall–Kier alpha value is -2.14. The molecule has 0 radical (unpaired) electrons. The standard InChI is InChI=1S/C14H13NO3S/c1-8-4-3-5-9(2)12(8)13(16)15-11-7-6-10(19-11)14(17)18/h3-7H,1-2H3,(H,15,16)(H,17,18). The highest BCUT2D eigenvalue weighted by molar-refractivity contribution is 7.18. The van der Waals surface area contributed by atoms with Crippen LogP contribution in [0.15, 0.2) is 30.3 Å². The van der Waals surface area contributed by atoms with Crippen LogP contribution in [-0.2, 0) is 0 Å². The smallest absolute Gasteiger partial charge is 0.345 e. The molecular formula is C14H13NO3S. The number of carbonyl (C=O) groups excluding carboxylic acids is 1. The quantitative estimate of drug-likeness (QED) is 0.903. The Morgan fingerprint density at radius 3 is 2.26 bits per heavy atom. The number of anilines is 1. The minimum atomic E-state index is -0.988. The van der Waals surface area contributed by atoms with Crippen LogP contribution in [0.1, 0.15) is 31.2 Å². The Bertz CT molecular complexity index is 626. The van der Waals surface area contributed by atoms with Crippen molar-refractivity contribution in [2.75, 3.05) is 5.32 Å². The normalized spacial score (nSPS) is 10.2. The van der Waals surface area contributed by atoms with Gasteiger partial charge in [-0.05, 0) is 37.1 Å². The lowest BCUT2D eigenvalue weighted by molar-refractivity contribution is 0.0702. The van der Waals surface area contributed by atoms with Crippen LogP contribution in [-0.4, -0.2) is 17.0 Å². The number of carboxylic acids is 1. The van der Waals surface area contributed by atoms with Crippen molar-refractivity contribution in [3.05, 3.63) is 51.9 Å². The Morgan fingerprint density at radius 1 is 1.11 bits per heavy atom. The molecule has 2 N–H and O–H groups in total. The van der Waals surface area contributed by atoms with Crippen LogP contribution in [0.3, 0.4) is 0 Å². The maximum absolute atomic E-state index is 12.2. The molecule has 0 saturated heterocycles. The molecule has 0 bridgehead atoms. The van der Waals surface area contributed by atoms with Crippen molar-refractivity contribution in [2.24, 2.45) is 0 Å². The molecule has 0 atom stereocenters. The van der Waals surface area contributed by atoms with Crippen molar-refractivity contribution in [3.8, 4) is 0 Å². The summed E-state index contributed by atoms with van der Waals surface area (Å²) in [5, 5.41) is 12.1. The molecule has 1 amide bonds. The van der Waals surface area contributed by atoms with Crippen LogP contribution in [0, 0.1) is 13.8 Å². The highest BCUT2D eigenvalue weighted by Gasteiger charge is 2.14. The Balaban J connectivity index is 2.23. The molecule has 4 nitrogen and oxygen atoms in total. The predicted molar refractivity (Wildman–Crippen MR) is 75.1 cm³/mol. The zero-order valence-corrected chi connectivity index (χ0v) is 11.4. The Labute approximate surface area is 114 Å². The molecule has 0 spiro atoms. The molecule has 1 aromatic heterocycles. The fourth-order valence-corrected chi connectivity index (χ4v) is 2.61. The summed E-state index contributed by atoms with van der Waals surface area (Å²) in [5.41, 5.74) is 2.42. The van der Waals surface area contributed by atoms with Gasteiger partial charge in [-0.3, -0.25) is 4.79 Å². The number of amides is 1. The van der Waals surface area contributed by atoms with Gasteiger partial charge in [-0.15, -0.1) is 11.3 Å². The maximum atomic E-state index is 12.2. The van der Waals surface area contributed by atoms with Gasteiger partial charge in [0.1, 0.15) is 4.88 Å². The van der Waals surface area contributed by atoms with Crippen LogP contribution in [0.4, 0.5) is 5.00 Å². The number of carbonyl (C=O) groups is 2. The number of aryl methyl sites for hydroxylation is 2. The fraction of sp³-hybridized carbons (Fsp3) is 0.143. The van der Waals surface area contributed by atoms with Crippen molar-refractivity contribution in [3.63, 3.8) is 0 Å². The molecule has 0 saturated carbocycles. The molecule has 0 aliphatic carbocycles. The van der Waals surface area contributed by atoms with E-state index in [4.69, 9.17) is 5.11 Å². The first-order chi connectivity index (χ1) is 8.99. The fourth-order valence-electron chi connectivity index (χ4n) is 1.87. The molecule has 0 unspecified atom stereocenters. The monoisotopic (exact) mass is 275 g/mol. The van der Waals surface area contributed by atoms with Crippen LogP contribution in [0.5, 0.6) is 0 Å². The van der Waals surface area contributed by atoms with Gasteiger partial charge in [0.25, 0.3) is 5.91 Å². The van der Waals surface area contributed by atoms with E-state index in [1.165, 1.54) is 6.07 Å². The second kappa shape index (κ2) is 5.24. The molecule has 0 fully saturated rings. The van der Waals surface area contributed by atoms with Gasteiger partial charge in [0.2, 0.25) is 0 Å². The van der Waals surface area contributed by atoms with Gasteiger partial charge in [-0.2, -0.15) is 0 Å². The van der Waals surface area contributed by atoms with E-state index in [9.17, 15) is 9.59 Å². The third-order valence-corrected chi connectivity index (χ3v) is 3.75. The minimum absolute atomic E-state index is 0.205. The molecular weight excluding hydrogens is 262 g/mol. The molecule has 2 rings (SSSR count). The van der Waals surface area contributed by atoms with E-state index in [1.54, 1.807) is 6.07 Å². The van der Waals surface area contributed by atoms with E-state index in [1.807, 2.05) is 32.0 Å². The van der Waals surface area contributed by atoms with Gasteiger partial charge in [-0.25, -0.2) is 4.79 Å². The average molecular weight is 275 g/mol. The van der Waals surface area contributed by atoms with Crippen molar-refractivity contribution < 1.29 is 14.7 Å². The van der Waals surface area contributed by atoms with E-state index in [-0.39, 0.29) is 10.8 Å². The summed E-state index contributed by atoms with van der Waals surface area (Å²) < 4.78 is 0. The number of carboxylic acid groups (broad SMARTS) is 1. The van der Waals surface area contributed by atoms with Gasteiger partial charge < -0.3 is 10.4 Å². The van der Waals surface area contributed by atoms with Crippen LogP contribution < -0.4 is 5.32 Å². The number of nitrogens with one attached hydrogen (secondary N) is 1. The SMILES string of the molecule is Cc1cccc(C)c1C(=O)Nc1ccc(C(=O)O)s1. The van der Waals surface area contributed by atoms with E-state index >= 15 is 0 Å². The lowest BCUT2D eigenvalue weighted by Crippen LogP contribution is -2.14. The van der Waals surface area contributed by atoms with Crippen molar-refractivity contribution in [1.82, 2.24) is 0 Å². The van der Waals surface area contributed by atoms with Crippen molar-refractivity contribution >= 4 is 28.2 Å². The topological polar surface area (TPSA) is 66.4 Å². The summed E-state index contributed by atoms with van der Waals surface area (Å²) in [6.07, 6.45) is 0. The van der Waals surface area contributed by atoms with Crippen LogP contribution in [0.2, 0.25) is 0 Å². The molecule has 0 aliphatic rings. The number of rotatable bonds is 3. The summed E-state index contributed by atoms with van der Waals surface area (Å²) >= 11 is 1.04. The molecule has 1 heterocycles. The van der Waals surface area contributed by atoms with E-state index in [0.29, 0.717) is 10.6 Å². The zero-order valence-electron chi connectivity index (χ0n) is 10.6. The largest absolute Gasteiger partial charge is 0.477 e. The van der Waals surface area contributed by atoms with Gasteiger partial charge in [0.15, 0.2) is 0 Å². The van der Waals surface area contributed by atoms with Crippen molar-refractivity contribution in [2.45, 2.75) is 13.8 Å². The summed E-state index contributed by atoms with van der Waals surface area (Å²) in [4.78, 5) is 23.2. The van der Waals surface area contributed by atoms with Gasteiger partial charge >= 0.3 is 5.97 Å². The predicted octanol–water partition coefficient (Wildman–Crippen LogP) is 3.32. The molecule has 5 heteroatoms. The Kier molecular flexibility index (Phi) is 3.66. The number of benzene rings is 1. The second-order valence-corrected chi connectivity index (χ2v) is 5.27. The summed E-state index contributed by atoms with van der Waals surface area (Å²) in [6, 6.07) is 8.72. The molecule has 19 heavy (non-hydrogen) atoms. The average Bonchev–Trinajstić information content (AvgIpc) is 2.77. The summed E-state index contributed by atoms with van der Waals surface area (Å²) in [5.74, 6) is -1.20. The summed E-state index contributed by atoms with van der Waals surface area (Å²) in [7, 11) is 0. The number of thiophene rings is 1. The Morgan fingerprint density at radius 2 is 1.74 bits per heavy atom.